The van der Waals surface area contributed by atoms with Crippen molar-refractivity contribution in [2.75, 3.05) is 19.6 Å². The maximum Gasteiger partial charge on any atom is 0.0178 e. The average Bonchev–Trinajstić information content (AvgIpc) is 3.06. The van der Waals surface area contributed by atoms with Crippen molar-refractivity contribution in [2.24, 2.45) is 5.92 Å². The molecule has 1 spiro atoms. The van der Waals surface area contributed by atoms with E-state index in [1.54, 1.807) is 11.1 Å². The van der Waals surface area contributed by atoms with Crippen LogP contribution in [0.15, 0.2) is 22.7 Å². The second-order valence-electron chi connectivity index (χ2n) is 6.82. The highest BCUT2D eigenvalue weighted by Crippen LogP contribution is 2.57. The number of hydrogen-bond donors (Lipinski definition) is 2. The number of rotatable bonds is 3. The summed E-state index contributed by atoms with van der Waals surface area (Å²) in [6.45, 7) is 3.64. The number of fused-ring (bicyclic) bond motifs is 2. The number of halogens is 1. The van der Waals surface area contributed by atoms with Crippen molar-refractivity contribution in [2.45, 2.75) is 43.6 Å². The summed E-state index contributed by atoms with van der Waals surface area (Å²) >= 11 is 3.60. The minimum Gasteiger partial charge on any atom is -0.317 e. The van der Waals surface area contributed by atoms with Gasteiger partial charge in [0.2, 0.25) is 0 Å². The van der Waals surface area contributed by atoms with Crippen molar-refractivity contribution in [1.82, 2.24) is 10.6 Å². The van der Waals surface area contributed by atoms with Gasteiger partial charge in [0.15, 0.2) is 0 Å². The third-order valence-electron chi connectivity index (χ3n) is 5.63. The monoisotopic (exact) mass is 334 g/mol. The fourth-order valence-electron chi connectivity index (χ4n) is 4.29. The molecule has 3 heteroatoms. The van der Waals surface area contributed by atoms with E-state index < -0.39 is 0 Å². The minimum absolute atomic E-state index is 0.489. The highest BCUT2D eigenvalue weighted by molar-refractivity contribution is 9.10. The SMILES string of the molecule is Brc1ccc2c(c1)CC[C@@]21C[C@H]1NCC1CCNCC1. The minimum atomic E-state index is 0.489. The molecule has 2 N–H and O–H groups in total. The van der Waals surface area contributed by atoms with Crippen molar-refractivity contribution in [3.63, 3.8) is 0 Å². The van der Waals surface area contributed by atoms with Crippen LogP contribution in [0.25, 0.3) is 0 Å². The predicted octanol–water partition coefficient (Wildman–Crippen LogP) is 2.99. The van der Waals surface area contributed by atoms with Crippen LogP contribution in [0.5, 0.6) is 0 Å². The van der Waals surface area contributed by atoms with E-state index in [0.717, 1.165) is 12.0 Å². The Balaban J connectivity index is 1.40. The lowest BCUT2D eigenvalue weighted by Gasteiger charge is -2.23. The Morgan fingerprint density at radius 3 is 3.00 bits per heavy atom. The highest BCUT2D eigenvalue weighted by Gasteiger charge is 2.57. The molecule has 1 heterocycles. The van der Waals surface area contributed by atoms with Gasteiger partial charge in [0.25, 0.3) is 0 Å². The zero-order chi connectivity index (χ0) is 13.6. The molecule has 0 aromatic heterocycles. The molecule has 2 aliphatic carbocycles. The summed E-state index contributed by atoms with van der Waals surface area (Å²) < 4.78 is 1.23. The van der Waals surface area contributed by atoms with Gasteiger partial charge in [-0.25, -0.2) is 0 Å². The van der Waals surface area contributed by atoms with Crippen LogP contribution in [0.2, 0.25) is 0 Å². The highest BCUT2D eigenvalue weighted by atomic mass is 79.9. The number of aryl methyl sites for hydroxylation is 1. The molecular formula is C17H23BrN2. The Morgan fingerprint density at radius 1 is 1.30 bits per heavy atom. The van der Waals surface area contributed by atoms with Crippen LogP contribution < -0.4 is 10.6 Å². The van der Waals surface area contributed by atoms with Gasteiger partial charge < -0.3 is 10.6 Å². The van der Waals surface area contributed by atoms with Crippen molar-refractivity contribution < 1.29 is 0 Å². The van der Waals surface area contributed by atoms with E-state index in [1.807, 2.05) is 0 Å². The molecule has 3 aliphatic rings. The van der Waals surface area contributed by atoms with E-state index in [4.69, 9.17) is 0 Å². The Labute approximate surface area is 129 Å². The number of nitrogens with one attached hydrogen (secondary N) is 2. The quantitative estimate of drug-likeness (QED) is 0.887. The van der Waals surface area contributed by atoms with Crippen LogP contribution in [-0.4, -0.2) is 25.7 Å². The first-order valence-electron chi connectivity index (χ1n) is 8.01. The van der Waals surface area contributed by atoms with Gasteiger partial charge in [0.1, 0.15) is 0 Å². The van der Waals surface area contributed by atoms with E-state index in [2.05, 4.69) is 44.8 Å². The largest absolute Gasteiger partial charge is 0.317 e. The Kier molecular flexibility index (Phi) is 3.40. The van der Waals surface area contributed by atoms with Crippen LogP contribution in [-0.2, 0) is 11.8 Å². The number of hydrogen-bond acceptors (Lipinski definition) is 2. The topological polar surface area (TPSA) is 24.1 Å². The molecular weight excluding hydrogens is 312 g/mol. The molecule has 1 aromatic rings. The number of piperidine rings is 1. The van der Waals surface area contributed by atoms with E-state index in [1.165, 1.54) is 56.2 Å². The van der Waals surface area contributed by atoms with Gasteiger partial charge in [0, 0.05) is 15.9 Å². The lowest BCUT2D eigenvalue weighted by Crippen LogP contribution is -2.35. The maximum absolute atomic E-state index is 3.88. The van der Waals surface area contributed by atoms with Gasteiger partial charge in [-0.05, 0) is 80.9 Å². The molecule has 0 unspecified atom stereocenters. The Bertz CT molecular complexity index is 510. The lowest BCUT2D eigenvalue weighted by atomic mass is 9.96. The second-order valence-corrected chi connectivity index (χ2v) is 7.73. The van der Waals surface area contributed by atoms with Gasteiger partial charge in [-0.1, -0.05) is 22.0 Å². The first-order valence-corrected chi connectivity index (χ1v) is 8.80. The van der Waals surface area contributed by atoms with Gasteiger partial charge >= 0.3 is 0 Å². The molecule has 1 saturated heterocycles. The zero-order valence-corrected chi connectivity index (χ0v) is 13.5. The molecule has 108 valence electrons. The van der Waals surface area contributed by atoms with E-state index >= 15 is 0 Å². The van der Waals surface area contributed by atoms with Crippen LogP contribution in [0, 0.1) is 5.92 Å². The fourth-order valence-corrected chi connectivity index (χ4v) is 4.70. The van der Waals surface area contributed by atoms with Crippen molar-refractivity contribution >= 4 is 15.9 Å². The van der Waals surface area contributed by atoms with Crippen LogP contribution in [0.3, 0.4) is 0 Å². The third-order valence-corrected chi connectivity index (χ3v) is 6.12. The molecule has 2 fully saturated rings. The molecule has 0 radical (unpaired) electrons. The molecule has 4 rings (SSSR count). The first kappa shape index (κ1) is 13.3. The van der Waals surface area contributed by atoms with E-state index in [-0.39, 0.29) is 0 Å². The van der Waals surface area contributed by atoms with Crippen LogP contribution >= 0.6 is 15.9 Å². The van der Waals surface area contributed by atoms with Crippen molar-refractivity contribution in [1.29, 1.82) is 0 Å². The van der Waals surface area contributed by atoms with Gasteiger partial charge in [-0.15, -0.1) is 0 Å². The summed E-state index contributed by atoms with van der Waals surface area (Å²) in [6, 6.07) is 7.64. The van der Waals surface area contributed by atoms with Crippen molar-refractivity contribution in [3.8, 4) is 0 Å². The molecule has 2 atom stereocenters. The van der Waals surface area contributed by atoms with E-state index in [0.29, 0.717) is 5.41 Å². The molecule has 2 nitrogen and oxygen atoms in total. The van der Waals surface area contributed by atoms with Gasteiger partial charge in [-0.3, -0.25) is 0 Å². The lowest BCUT2D eigenvalue weighted by molar-refractivity contribution is 0.351. The summed E-state index contributed by atoms with van der Waals surface area (Å²) in [6.07, 6.45) is 6.65. The zero-order valence-electron chi connectivity index (χ0n) is 11.9. The summed E-state index contributed by atoms with van der Waals surface area (Å²) in [7, 11) is 0. The third kappa shape index (κ3) is 2.24. The normalized spacial score (nSPS) is 32.5. The Hall–Kier alpha value is -0.380. The first-order chi connectivity index (χ1) is 9.78. The molecule has 1 aliphatic heterocycles. The predicted molar refractivity (Wildman–Crippen MR) is 86.1 cm³/mol. The summed E-state index contributed by atoms with van der Waals surface area (Å²) in [5.74, 6) is 0.889. The second kappa shape index (κ2) is 5.11. The van der Waals surface area contributed by atoms with Gasteiger partial charge in [0.05, 0.1) is 0 Å². The molecule has 1 saturated carbocycles. The smallest absolute Gasteiger partial charge is 0.0178 e. The average molecular weight is 335 g/mol. The molecule has 0 amide bonds. The number of benzene rings is 1. The summed E-state index contributed by atoms with van der Waals surface area (Å²) in [5.41, 5.74) is 3.69. The van der Waals surface area contributed by atoms with Crippen molar-refractivity contribution in [3.05, 3.63) is 33.8 Å². The molecule has 1 aromatic carbocycles. The molecule has 0 bridgehead atoms. The standard InChI is InChI=1S/C17H23BrN2/c18-14-1-2-15-13(9-14)3-6-17(15)10-16(17)20-11-12-4-7-19-8-5-12/h1-2,9,12,16,19-20H,3-8,10-11H2/t16-,17-/m1/s1. The van der Waals surface area contributed by atoms with Gasteiger partial charge in [-0.2, -0.15) is 0 Å². The fraction of sp³-hybridized carbons (Fsp3) is 0.647. The summed E-state index contributed by atoms with van der Waals surface area (Å²) in [5, 5.41) is 7.33. The van der Waals surface area contributed by atoms with E-state index in [9.17, 15) is 0 Å². The molecule has 20 heavy (non-hydrogen) atoms. The summed E-state index contributed by atoms with van der Waals surface area (Å²) in [4.78, 5) is 0. The Morgan fingerprint density at radius 2 is 2.15 bits per heavy atom. The maximum atomic E-state index is 3.88. The van der Waals surface area contributed by atoms with Crippen LogP contribution in [0.1, 0.15) is 36.8 Å². The van der Waals surface area contributed by atoms with Crippen LogP contribution in [0.4, 0.5) is 0 Å².